The van der Waals surface area contributed by atoms with Crippen LogP contribution in [0.25, 0.3) is 11.0 Å². The third-order valence-corrected chi connectivity index (χ3v) is 6.05. The highest BCUT2D eigenvalue weighted by molar-refractivity contribution is 8.00. The van der Waals surface area contributed by atoms with E-state index >= 15 is 0 Å². The second-order valence-corrected chi connectivity index (χ2v) is 8.56. The Morgan fingerprint density at radius 1 is 0.941 bits per heavy atom. The Morgan fingerprint density at radius 2 is 1.68 bits per heavy atom. The molecule has 0 atom stereocenters. The van der Waals surface area contributed by atoms with Crippen molar-refractivity contribution in [2.75, 3.05) is 17.7 Å². The number of Topliss-reactive ketones (excluding diaryl/α,β-unsaturated/α-hetero) is 1. The molecule has 1 aromatic heterocycles. The minimum atomic E-state index is -0.661. The molecule has 4 aromatic rings. The van der Waals surface area contributed by atoms with Crippen LogP contribution in [-0.4, -0.2) is 40.0 Å². The zero-order chi connectivity index (χ0) is 24.1. The molecule has 0 aliphatic carbocycles. The van der Waals surface area contributed by atoms with Gasteiger partial charge in [0.1, 0.15) is 0 Å². The Bertz CT molecular complexity index is 1420. The first kappa shape index (κ1) is 23.1. The van der Waals surface area contributed by atoms with Gasteiger partial charge in [0.25, 0.3) is 0 Å². The van der Waals surface area contributed by atoms with E-state index in [2.05, 4.69) is 15.3 Å². The molecule has 0 spiro atoms. The average Bonchev–Trinajstić information content (AvgIpc) is 3.22. The molecule has 0 fully saturated rings. The van der Waals surface area contributed by atoms with Gasteiger partial charge in [-0.2, -0.15) is 0 Å². The Kier molecular flexibility index (Phi) is 6.93. The topological polar surface area (TPSA) is 121 Å². The molecule has 0 radical (unpaired) electrons. The smallest absolute Gasteiger partial charge is 0.339 e. The fourth-order valence-corrected chi connectivity index (χ4v) is 4.08. The molecule has 8 nitrogen and oxygen atoms in total. The number of anilines is 1. The molecule has 1 amide bonds. The number of ketones is 1. The maximum atomic E-state index is 12.6. The number of ether oxygens (including phenoxy) is 1. The maximum Gasteiger partial charge on any atom is 0.339 e. The van der Waals surface area contributed by atoms with Crippen LogP contribution < -0.4 is 11.0 Å². The molecule has 3 aromatic carbocycles. The van der Waals surface area contributed by atoms with Crippen LogP contribution in [-0.2, 0) is 9.53 Å². The van der Waals surface area contributed by atoms with Crippen LogP contribution in [0.3, 0.4) is 0 Å². The number of aryl methyl sites for hydroxylation is 1. The summed E-state index contributed by atoms with van der Waals surface area (Å²) in [7, 11) is 0. The highest BCUT2D eigenvalue weighted by Crippen LogP contribution is 2.24. The second-order valence-electron chi connectivity index (χ2n) is 7.54. The van der Waals surface area contributed by atoms with E-state index in [9.17, 15) is 19.2 Å². The minimum Gasteiger partial charge on any atom is -0.454 e. The van der Waals surface area contributed by atoms with Gasteiger partial charge in [0.15, 0.2) is 12.4 Å². The summed E-state index contributed by atoms with van der Waals surface area (Å²) >= 11 is 1.21. The minimum absolute atomic E-state index is 0.103. The molecule has 3 N–H and O–H groups in total. The summed E-state index contributed by atoms with van der Waals surface area (Å²) in [6.45, 7) is 1.51. The van der Waals surface area contributed by atoms with Gasteiger partial charge in [-0.05, 0) is 49.4 Å². The van der Waals surface area contributed by atoms with Gasteiger partial charge in [0, 0.05) is 16.1 Å². The van der Waals surface area contributed by atoms with Crippen molar-refractivity contribution in [1.82, 2.24) is 9.97 Å². The van der Waals surface area contributed by atoms with Gasteiger partial charge < -0.3 is 20.0 Å². The van der Waals surface area contributed by atoms with E-state index in [-0.39, 0.29) is 22.9 Å². The molecule has 0 aliphatic rings. The Labute approximate surface area is 198 Å². The van der Waals surface area contributed by atoms with Gasteiger partial charge in [0.2, 0.25) is 5.91 Å². The molecular weight excluding hydrogens is 454 g/mol. The number of fused-ring (bicyclic) bond motifs is 1. The van der Waals surface area contributed by atoms with E-state index in [0.717, 1.165) is 5.56 Å². The molecule has 0 saturated heterocycles. The van der Waals surface area contributed by atoms with Crippen LogP contribution in [0, 0.1) is 6.92 Å². The lowest BCUT2D eigenvalue weighted by atomic mass is 10.1. The van der Waals surface area contributed by atoms with Gasteiger partial charge in [-0.1, -0.05) is 29.8 Å². The monoisotopic (exact) mass is 475 g/mol. The number of hydrogen-bond acceptors (Lipinski definition) is 6. The predicted octanol–water partition coefficient (Wildman–Crippen LogP) is 3.94. The maximum absolute atomic E-state index is 12.6. The number of esters is 1. The molecular formula is C25H21N3O5S. The molecule has 1 heterocycles. The predicted molar refractivity (Wildman–Crippen MR) is 131 cm³/mol. The van der Waals surface area contributed by atoms with Crippen molar-refractivity contribution in [1.29, 1.82) is 0 Å². The fourth-order valence-electron chi connectivity index (χ4n) is 3.24. The number of rotatable bonds is 8. The lowest BCUT2D eigenvalue weighted by Crippen LogP contribution is -2.16. The highest BCUT2D eigenvalue weighted by atomic mass is 32.2. The van der Waals surface area contributed by atoms with E-state index in [1.165, 1.54) is 17.8 Å². The molecule has 0 saturated carbocycles. The third-order valence-electron chi connectivity index (χ3n) is 4.97. The van der Waals surface area contributed by atoms with Crippen LogP contribution >= 0.6 is 11.8 Å². The Hall–Kier alpha value is -4.11. The van der Waals surface area contributed by atoms with Crippen LogP contribution in [0.15, 0.2) is 76.4 Å². The number of hydrogen-bond donors (Lipinski definition) is 3. The summed E-state index contributed by atoms with van der Waals surface area (Å²) in [4.78, 5) is 54.6. The summed E-state index contributed by atoms with van der Waals surface area (Å²) < 4.78 is 5.23. The molecule has 0 aliphatic heterocycles. The molecule has 0 unspecified atom stereocenters. The third kappa shape index (κ3) is 5.62. The number of amides is 1. The van der Waals surface area contributed by atoms with Crippen LogP contribution in [0.1, 0.15) is 26.3 Å². The van der Waals surface area contributed by atoms with Crippen LogP contribution in [0.2, 0.25) is 0 Å². The van der Waals surface area contributed by atoms with E-state index < -0.39 is 18.4 Å². The second kappa shape index (κ2) is 10.2. The van der Waals surface area contributed by atoms with Crippen molar-refractivity contribution in [3.63, 3.8) is 0 Å². The van der Waals surface area contributed by atoms with Gasteiger partial charge in [-0.15, -0.1) is 11.8 Å². The number of benzene rings is 3. The number of thioether (sulfide) groups is 1. The van der Waals surface area contributed by atoms with Gasteiger partial charge in [-0.25, -0.2) is 9.59 Å². The molecule has 9 heteroatoms. The van der Waals surface area contributed by atoms with Gasteiger partial charge in [0.05, 0.1) is 22.3 Å². The van der Waals surface area contributed by atoms with Crippen molar-refractivity contribution in [2.45, 2.75) is 11.8 Å². The summed E-state index contributed by atoms with van der Waals surface area (Å²) in [5, 5.41) is 2.82. The van der Waals surface area contributed by atoms with Crippen molar-refractivity contribution in [3.8, 4) is 0 Å². The van der Waals surface area contributed by atoms with Gasteiger partial charge in [-0.3, -0.25) is 9.59 Å². The van der Waals surface area contributed by atoms with Crippen LogP contribution in [0.4, 0.5) is 5.69 Å². The first-order valence-electron chi connectivity index (χ1n) is 10.4. The molecule has 4 rings (SSSR count). The SMILES string of the molecule is Cc1ccc(NC(=O)CSc2ccccc2C(=O)OCC(=O)c2ccc3[nH]c(=O)[nH]c3c2)cc1. The standard InChI is InChI=1S/C25H21N3O5S/c1-15-6-9-17(10-7-15)26-23(30)14-34-22-5-3-2-4-18(22)24(31)33-13-21(29)16-8-11-19-20(12-16)28-25(32)27-19/h2-12H,13-14H2,1H3,(H,26,30)(H2,27,28,32). The summed E-state index contributed by atoms with van der Waals surface area (Å²) in [5.41, 5.74) is 3.08. The molecule has 0 bridgehead atoms. The summed E-state index contributed by atoms with van der Waals surface area (Å²) in [6, 6.07) is 18.9. The Balaban J connectivity index is 1.35. The number of carbonyl (C=O) groups excluding carboxylic acids is 3. The summed E-state index contributed by atoms with van der Waals surface area (Å²) in [6.07, 6.45) is 0. The van der Waals surface area contributed by atoms with E-state index in [1.807, 2.05) is 31.2 Å². The number of aromatic amines is 2. The van der Waals surface area contributed by atoms with Crippen molar-refractivity contribution >= 4 is 46.1 Å². The average molecular weight is 476 g/mol. The van der Waals surface area contributed by atoms with Crippen molar-refractivity contribution in [2.24, 2.45) is 0 Å². The largest absolute Gasteiger partial charge is 0.454 e. The number of imidazole rings is 1. The van der Waals surface area contributed by atoms with E-state index in [1.54, 1.807) is 36.4 Å². The van der Waals surface area contributed by atoms with Crippen molar-refractivity contribution < 1.29 is 19.1 Å². The number of carbonyl (C=O) groups is 3. The normalized spacial score (nSPS) is 10.7. The number of H-pyrrole nitrogens is 2. The first-order valence-corrected chi connectivity index (χ1v) is 11.4. The molecule has 34 heavy (non-hydrogen) atoms. The highest BCUT2D eigenvalue weighted by Gasteiger charge is 2.17. The zero-order valence-corrected chi connectivity index (χ0v) is 19.0. The fraction of sp³-hybridized carbons (Fsp3) is 0.120. The first-order chi connectivity index (χ1) is 16.4. The van der Waals surface area contributed by atoms with E-state index in [0.29, 0.717) is 27.2 Å². The van der Waals surface area contributed by atoms with Gasteiger partial charge >= 0.3 is 11.7 Å². The Morgan fingerprint density at radius 3 is 2.47 bits per heavy atom. The lowest BCUT2D eigenvalue weighted by Gasteiger charge is -2.10. The summed E-state index contributed by atoms with van der Waals surface area (Å²) in [5.74, 6) is -1.16. The quantitative estimate of drug-likeness (QED) is 0.202. The number of nitrogens with one attached hydrogen (secondary N) is 3. The van der Waals surface area contributed by atoms with Crippen LogP contribution in [0.5, 0.6) is 0 Å². The number of aromatic nitrogens is 2. The van der Waals surface area contributed by atoms with Crippen molar-refractivity contribution in [3.05, 3.63) is 93.9 Å². The van der Waals surface area contributed by atoms with E-state index in [4.69, 9.17) is 4.74 Å². The lowest BCUT2D eigenvalue weighted by molar-refractivity contribution is -0.113. The zero-order valence-electron chi connectivity index (χ0n) is 18.2. The molecule has 172 valence electrons.